The van der Waals surface area contributed by atoms with E-state index in [2.05, 4.69) is 15.3 Å². The van der Waals surface area contributed by atoms with Crippen molar-refractivity contribution >= 4 is 40.5 Å². The van der Waals surface area contributed by atoms with Gasteiger partial charge in [-0.2, -0.15) is 0 Å². The van der Waals surface area contributed by atoms with E-state index in [1.807, 2.05) is 0 Å². The monoisotopic (exact) mass is 288 g/mol. The molecule has 0 bridgehead atoms. The number of nitrogens with zero attached hydrogens (tertiary/aromatic N) is 2. The maximum absolute atomic E-state index is 10.6. The summed E-state index contributed by atoms with van der Waals surface area (Å²) in [6.07, 6.45) is 3.06. The van der Waals surface area contributed by atoms with Crippen molar-refractivity contribution in [1.82, 2.24) is 9.97 Å². The van der Waals surface area contributed by atoms with Gasteiger partial charge >= 0.3 is 5.69 Å². The first kappa shape index (κ1) is 12.5. The lowest BCUT2D eigenvalue weighted by Gasteiger charge is -2.09. The second-order valence-electron chi connectivity index (χ2n) is 3.23. The van der Waals surface area contributed by atoms with Crippen LogP contribution in [0.2, 0.25) is 10.0 Å². The molecule has 2 aromatic rings. The molecule has 18 heavy (non-hydrogen) atoms. The summed E-state index contributed by atoms with van der Waals surface area (Å²) in [6, 6.07) is 1.01. The number of phenols is 1. The van der Waals surface area contributed by atoms with Crippen LogP contribution < -0.4 is 5.32 Å². The van der Waals surface area contributed by atoms with E-state index in [4.69, 9.17) is 23.2 Å². The molecule has 9 heteroatoms. The van der Waals surface area contributed by atoms with Gasteiger partial charge in [0, 0.05) is 18.5 Å². The Hall–Kier alpha value is -1.99. The fraction of sp³-hybridized carbons (Fsp3) is 0. The molecule has 0 fully saturated rings. The minimum atomic E-state index is -0.774. The van der Waals surface area contributed by atoms with Crippen molar-refractivity contribution in [3.63, 3.8) is 0 Å². The first-order valence-electron chi connectivity index (χ1n) is 4.62. The standard InChI is InChI=1S/C9H6Cl2N4O3/c10-4-3-5(15(17)18)8(16)6(11)7(4)14-9-12-1-2-13-9/h1-3,16H,(H2,12,13,14). The largest absolute Gasteiger partial charge is 0.501 e. The highest BCUT2D eigenvalue weighted by Crippen LogP contribution is 2.44. The van der Waals surface area contributed by atoms with E-state index in [9.17, 15) is 15.2 Å². The SMILES string of the molecule is O=[N+]([O-])c1cc(Cl)c(Nc2ncc[nH]2)c(Cl)c1O. The first-order chi connectivity index (χ1) is 8.50. The molecule has 0 unspecified atom stereocenters. The van der Waals surface area contributed by atoms with Crippen LogP contribution in [0.4, 0.5) is 17.3 Å². The fourth-order valence-corrected chi connectivity index (χ4v) is 1.84. The van der Waals surface area contributed by atoms with Gasteiger partial charge in [0.05, 0.1) is 15.6 Å². The summed E-state index contributed by atoms with van der Waals surface area (Å²) < 4.78 is 0. The summed E-state index contributed by atoms with van der Waals surface area (Å²) in [5.74, 6) is -0.313. The molecule has 7 nitrogen and oxygen atoms in total. The van der Waals surface area contributed by atoms with E-state index >= 15 is 0 Å². The molecule has 1 aromatic carbocycles. The average Bonchev–Trinajstić information content (AvgIpc) is 2.81. The number of nitro groups is 1. The quantitative estimate of drug-likeness (QED) is 0.595. The predicted octanol–water partition coefficient (Wildman–Crippen LogP) is 3.07. The van der Waals surface area contributed by atoms with Gasteiger partial charge < -0.3 is 15.4 Å². The number of benzene rings is 1. The number of aromatic amines is 1. The Morgan fingerprint density at radius 3 is 2.78 bits per heavy atom. The van der Waals surface area contributed by atoms with Gasteiger partial charge in [0.15, 0.2) is 0 Å². The second-order valence-corrected chi connectivity index (χ2v) is 4.02. The molecule has 0 aliphatic rings. The lowest BCUT2D eigenvalue weighted by Crippen LogP contribution is -1.97. The van der Waals surface area contributed by atoms with Crippen LogP contribution in [0.5, 0.6) is 5.75 Å². The molecule has 0 saturated heterocycles. The molecule has 1 aromatic heterocycles. The Kier molecular flexibility index (Phi) is 3.26. The van der Waals surface area contributed by atoms with Gasteiger partial charge in [-0.1, -0.05) is 23.2 Å². The molecule has 0 aliphatic heterocycles. The molecule has 0 radical (unpaired) electrons. The smallest absolute Gasteiger partial charge is 0.313 e. The Labute approximate surface area is 111 Å². The number of imidazole rings is 1. The molecule has 94 valence electrons. The van der Waals surface area contributed by atoms with Crippen LogP contribution in [-0.4, -0.2) is 20.0 Å². The van der Waals surface area contributed by atoms with E-state index in [0.717, 1.165) is 6.07 Å². The molecular weight excluding hydrogens is 283 g/mol. The van der Waals surface area contributed by atoms with Crippen molar-refractivity contribution in [3.8, 4) is 5.75 Å². The summed E-state index contributed by atoms with van der Waals surface area (Å²) >= 11 is 11.7. The summed E-state index contributed by atoms with van der Waals surface area (Å²) in [5, 5.41) is 22.7. The van der Waals surface area contributed by atoms with Gasteiger partial charge in [0.1, 0.15) is 5.02 Å². The number of hydrogen-bond acceptors (Lipinski definition) is 5. The summed E-state index contributed by atoms with van der Waals surface area (Å²) in [7, 11) is 0. The van der Waals surface area contributed by atoms with Crippen molar-refractivity contribution in [2.75, 3.05) is 5.32 Å². The number of halogens is 2. The number of aromatic hydroxyl groups is 1. The van der Waals surface area contributed by atoms with E-state index in [0.29, 0.717) is 5.95 Å². The molecule has 0 atom stereocenters. The third-order valence-corrected chi connectivity index (χ3v) is 2.78. The summed E-state index contributed by atoms with van der Waals surface area (Å²) in [6.45, 7) is 0. The van der Waals surface area contributed by atoms with Gasteiger partial charge in [-0.3, -0.25) is 10.1 Å². The van der Waals surface area contributed by atoms with Crippen LogP contribution in [0.25, 0.3) is 0 Å². The second kappa shape index (κ2) is 4.71. The maximum Gasteiger partial charge on any atom is 0.313 e. The maximum atomic E-state index is 10.6. The number of anilines is 2. The number of nitrogens with one attached hydrogen (secondary N) is 2. The van der Waals surface area contributed by atoms with Crippen LogP contribution in [0.15, 0.2) is 18.5 Å². The van der Waals surface area contributed by atoms with Crippen LogP contribution in [0.1, 0.15) is 0 Å². The third kappa shape index (κ3) is 2.18. The Bertz CT molecular complexity index is 600. The molecule has 0 saturated carbocycles. The normalized spacial score (nSPS) is 10.3. The van der Waals surface area contributed by atoms with Crippen molar-refractivity contribution in [2.24, 2.45) is 0 Å². The Balaban J connectivity index is 2.49. The lowest BCUT2D eigenvalue weighted by molar-refractivity contribution is -0.385. The van der Waals surface area contributed by atoms with E-state index in [1.165, 1.54) is 6.20 Å². The number of rotatable bonds is 3. The molecular formula is C9H6Cl2N4O3. The zero-order valence-corrected chi connectivity index (χ0v) is 10.2. The van der Waals surface area contributed by atoms with E-state index in [-0.39, 0.29) is 15.7 Å². The highest BCUT2D eigenvalue weighted by molar-refractivity contribution is 6.40. The molecule has 0 amide bonds. The van der Waals surface area contributed by atoms with Crippen molar-refractivity contribution in [2.45, 2.75) is 0 Å². The van der Waals surface area contributed by atoms with Gasteiger partial charge in [-0.15, -0.1) is 0 Å². The van der Waals surface area contributed by atoms with Crippen molar-refractivity contribution < 1.29 is 10.0 Å². The first-order valence-corrected chi connectivity index (χ1v) is 5.38. The van der Waals surface area contributed by atoms with Crippen LogP contribution in [-0.2, 0) is 0 Å². The summed E-state index contributed by atoms with van der Waals surface area (Å²) in [4.78, 5) is 16.5. The topological polar surface area (TPSA) is 104 Å². The Morgan fingerprint density at radius 1 is 1.50 bits per heavy atom. The summed E-state index contributed by atoms with van der Waals surface area (Å²) in [5.41, 5.74) is -0.425. The molecule has 3 N–H and O–H groups in total. The van der Waals surface area contributed by atoms with Gasteiger partial charge in [-0.25, -0.2) is 4.98 Å². The minimum Gasteiger partial charge on any atom is -0.501 e. The fourth-order valence-electron chi connectivity index (χ4n) is 1.30. The minimum absolute atomic E-state index is 0.000833. The molecule has 0 spiro atoms. The molecule has 1 heterocycles. The van der Waals surface area contributed by atoms with Gasteiger partial charge in [-0.05, 0) is 0 Å². The number of nitro benzene ring substituents is 1. The van der Waals surface area contributed by atoms with E-state index < -0.39 is 16.4 Å². The Morgan fingerprint density at radius 2 is 2.22 bits per heavy atom. The highest BCUT2D eigenvalue weighted by atomic mass is 35.5. The van der Waals surface area contributed by atoms with Crippen molar-refractivity contribution in [1.29, 1.82) is 0 Å². The lowest BCUT2D eigenvalue weighted by atomic mass is 10.2. The molecule has 0 aliphatic carbocycles. The average molecular weight is 289 g/mol. The van der Waals surface area contributed by atoms with Crippen LogP contribution >= 0.6 is 23.2 Å². The highest BCUT2D eigenvalue weighted by Gasteiger charge is 2.23. The number of phenolic OH excluding ortho intramolecular Hbond substituents is 1. The number of aromatic nitrogens is 2. The predicted molar refractivity (Wildman–Crippen MR) is 66.7 cm³/mol. The zero-order chi connectivity index (χ0) is 13.3. The number of H-pyrrole nitrogens is 1. The zero-order valence-electron chi connectivity index (χ0n) is 8.65. The van der Waals surface area contributed by atoms with E-state index in [1.54, 1.807) is 6.20 Å². The van der Waals surface area contributed by atoms with Crippen LogP contribution in [0.3, 0.4) is 0 Å². The van der Waals surface area contributed by atoms with Gasteiger partial charge in [0.2, 0.25) is 11.7 Å². The third-order valence-electron chi connectivity index (χ3n) is 2.11. The van der Waals surface area contributed by atoms with Crippen LogP contribution in [0, 0.1) is 10.1 Å². The van der Waals surface area contributed by atoms with Crippen molar-refractivity contribution in [3.05, 3.63) is 38.6 Å². The molecule has 2 rings (SSSR count). The van der Waals surface area contributed by atoms with Gasteiger partial charge in [0.25, 0.3) is 0 Å². The number of hydrogen-bond donors (Lipinski definition) is 3.